The summed E-state index contributed by atoms with van der Waals surface area (Å²) in [4.78, 5) is 4.54. The highest BCUT2D eigenvalue weighted by Gasteiger charge is 2.30. The molecule has 0 radical (unpaired) electrons. The van der Waals surface area contributed by atoms with Crippen molar-refractivity contribution < 1.29 is 8.42 Å². The van der Waals surface area contributed by atoms with Crippen LogP contribution < -0.4 is 10.6 Å². The number of nitrogens with zero attached hydrogens (tertiary/aromatic N) is 2. The van der Waals surface area contributed by atoms with Crippen LogP contribution in [0.25, 0.3) is 0 Å². The van der Waals surface area contributed by atoms with Crippen LogP contribution in [0.2, 0.25) is 0 Å². The first kappa shape index (κ1) is 20.1. The van der Waals surface area contributed by atoms with E-state index in [9.17, 15) is 8.42 Å². The third-order valence-corrected chi connectivity index (χ3v) is 7.06. The zero-order valence-electron chi connectivity index (χ0n) is 16.0. The Bertz CT molecular complexity index is 642. The van der Waals surface area contributed by atoms with E-state index in [0.29, 0.717) is 11.2 Å². The summed E-state index contributed by atoms with van der Waals surface area (Å²) in [6.07, 6.45) is 3.71. The van der Waals surface area contributed by atoms with E-state index in [1.54, 1.807) is 12.1 Å². The van der Waals surface area contributed by atoms with E-state index in [-0.39, 0.29) is 17.0 Å². The van der Waals surface area contributed by atoms with Crippen LogP contribution in [0.1, 0.15) is 47.5 Å². The van der Waals surface area contributed by atoms with Gasteiger partial charge in [0.05, 0.1) is 0 Å². The Morgan fingerprint density at radius 2 is 1.96 bits per heavy atom. The minimum absolute atomic E-state index is 0.0939. The fourth-order valence-corrected chi connectivity index (χ4v) is 5.26. The number of nitrogens with one attached hydrogen (secondary N) is 2. The molecular weight excluding hydrogens is 336 g/mol. The lowest BCUT2D eigenvalue weighted by molar-refractivity contribution is 0.302. The molecule has 1 aliphatic heterocycles. The van der Waals surface area contributed by atoms with E-state index in [1.165, 1.54) is 16.9 Å². The second-order valence-electron chi connectivity index (χ2n) is 7.82. The summed E-state index contributed by atoms with van der Waals surface area (Å²) in [6.45, 7) is 12.8. The minimum atomic E-state index is -3.52. The summed E-state index contributed by atoms with van der Waals surface area (Å²) < 4.78 is 27.1. The first-order valence-corrected chi connectivity index (χ1v) is 10.5. The van der Waals surface area contributed by atoms with Gasteiger partial charge in [-0.1, -0.05) is 6.92 Å². The maximum Gasteiger partial charge on any atom is 0.245 e. The average molecular weight is 369 g/mol. The van der Waals surface area contributed by atoms with Gasteiger partial charge in [-0.25, -0.2) is 13.4 Å². The van der Waals surface area contributed by atoms with Crippen LogP contribution in [-0.2, 0) is 10.0 Å². The Hall–Kier alpha value is -1.18. The molecule has 2 N–H and O–H groups in total. The Morgan fingerprint density at radius 3 is 2.44 bits per heavy atom. The molecule has 25 heavy (non-hydrogen) atoms. The van der Waals surface area contributed by atoms with Crippen LogP contribution in [0.5, 0.6) is 0 Å². The number of anilines is 1. The van der Waals surface area contributed by atoms with Gasteiger partial charge in [-0.05, 0) is 64.6 Å². The summed E-state index contributed by atoms with van der Waals surface area (Å²) in [5.74, 6) is 0.717. The van der Waals surface area contributed by atoms with Crippen LogP contribution in [0.3, 0.4) is 0 Å². The van der Waals surface area contributed by atoms with Gasteiger partial charge in [0.1, 0.15) is 10.7 Å². The highest BCUT2D eigenvalue weighted by Crippen LogP contribution is 2.28. The molecule has 2 rings (SSSR count). The predicted octanol–water partition coefficient (Wildman–Crippen LogP) is 2.69. The van der Waals surface area contributed by atoms with Gasteiger partial charge < -0.3 is 10.6 Å². The van der Waals surface area contributed by atoms with Gasteiger partial charge in [0.25, 0.3) is 0 Å². The number of hydrogen-bond acceptors (Lipinski definition) is 5. The maximum absolute atomic E-state index is 12.8. The molecule has 0 aromatic carbocycles. The van der Waals surface area contributed by atoms with E-state index >= 15 is 0 Å². The summed E-state index contributed by atoms with van der Waals surface area (Å²) in [5.41, 5.74) is 0.339. The summed E-state index contributed by atoms with van der Waals surface area (Å²) in [7, 11) is -3.52. The Balaban J connectivity index is 2.01. The maximum atomic E-state index is 12.8. The molecule has 7 heteroatoms. The number of hydrogen-bond donors (Lipinski definition) is 2. The molecule has 1 aliphatic rings. The van der Waals surface area contributed by atoms with E-state index in [0.717, 1.165) is 26.1 Å². The highest BCUT2D eigenvalue weighted by molar-refractivity contribution is 7.89. The molecule has 0 bridgehead atoms. The van der Waals surface area contributed by atoms with E-state index in [2.05, 4.69) is 22.5 Å². The van der Waals surface area contributed by atoms with Crippen molar-refractivity contribution in [3.8, 4) is 0 Å². The molecule has 1 fully saturated rings. The number of rotatable bonds is 8. The normalized spacial score (nSPS) is 21.4. The van der Waals surface area contributed by atoms with E-state index < -0.39 is 10.0 Å². The lowest BCUT2D eigenvalue weighted by atomic mass is 9.86. The van der Waals surface area contributed by atoms with Crippen LogP contribution in [0.4, 0.5) is 5.82 Å². The zero-order valence-corrected chi connectivity index (χ0v) is 16.9. The molecule has 1 atom stereocenters. The molecular formula is C18H32N4O2S. The lowest BCUT2D eigenvalue weighted by Gasteiger charge is -2.29. The monoisotopic (exact) mass is 368 g/mol. The molecule has 0 spiro atoms. The summed E-state index contributed by atoms with van der Waals surface area (Å²) in [5, 5.41) is 6.70. The molecule has 1 aromatic rings. The molecule has 0 amide bonds. The lowest BCUT2D eigenvalue weighted by Crippen LogP contribution is -2.41. The molecule has 1 saturated heterocycles. The summed E-state index contributed by atoms with van der Waals surface area (Å²) >= 11 is 0. The highest BCUT2D eigenvalue weighted by atomic mass is 32.2. The Morgan fingerprint density at radius 1 is 1.28 bits per heavy atom. The van der Waals surface area contributed by atoms with Crippen molar-refractivity contribution in [3.63, 3.8) is 0 Å². The molecule has 1 aromatic heterocycles. The van der Waals surface area contributed by atoms with Crippen LogP contribution in [0.15, 0.2) is 23.2 Å². The largest absolute Gasteiger partial charge is 0.370 e. The fraction of sp³-hybridized carbons (Fsp3) is 0.722. The van der Waals surface area contributed by atoms with Crippen molar-refractivity contribution in [2.75, 3.05) is 25.0 Å². The third kappa shape index (κ3) is 4.92. The number of sulfonamides is 1. The molecule has 142 valence electrons. The van der Waals surface area contributed by atoms with Crippen LogP contribution in [-0.4, -0.2) is 49.4 Å². The predicted molar refractivity (Wildman–Crippen MR) is 102 cm³/mol. The smallest absolute Gasteiger partial charge is 0.245 e. The van der Waals surface area contributed by atoms with Gasteiger partial charge in [-0.3, -0.25) is 0 Å². The van der Waals surface area contributed by atoms with Crippen molar-refractivity contribution in [3.05, 3.63) is 18.3 Å². The van der Waals surface area contributed by atoms with Crippen molar-refractivity contribution in [2.45, 2.75) is 64.4 Å². The van der Waals surface area contributed by atoms with Gasteiger partial charge in [0.15, 0.2) is 0 Å². The molecule has 0 saturated carbocycles. The van der Waals surface area contributed by atoms with Gasteiger partial charge in [0.2, 0.25) is 10.0 Å². The number of pyridine rings is 1. The molecule has 0 aliphatic carbocycles. The second-order valence-corrected chi connectivity index (χ2v) is 9.66. The quantitative estimate of drug-likeness (QED) is 0.738. The first-order chi connectivity index (χ1) is 11.7. The number of aromatic nitrogens is 1. The summed E-state index contributed by atoms with van der Waals surface area (Å²) in [6, 6.07) is 3.20. The minimum Gasteiger partial charge on any atom is -0.370 e. The molecule has 1 unspecified atom stereocenters. The van der Waals surface area contributed by atoms with Gasteiger partial charge in [-0.2, -0.15) is 4.31 Å². The first-order valence-electron chi connectivity index (χ1n) is 9.10. The molecule has 2 heterocycles. The van der Waals surface area contributed by atoms with Gasteiger partial charge in [-0.15, -0.1) is 0 Å². The van der Waals surface area contributed by atoms with Crippen molar-refractivity contribution in [1.82, 2.24) is 14.6 Å². The van der Waals surface area contributed by atoms with Crippen LogP contribution in [0, 0.1) is 5.41 Å². The van der Waals surface area contributed by atoms with E-state index in [1.807, 2.05) is 27.7 Å². The third-order valence-electron chi connectivity index (χ3n) is 4.82. The fourth-order valence-electron chi connectivity index (χ4n) is 3.48. The van der Waals surface area contributed by atoms with Crippen molar-refractivity contribution >= 4 is 15.8 Å². The van der Waals surface area contributed by atoms with Gasteiger partial charge in [0, 0.05) is 31.4 Å². The van der Waals surface area contributed by atoms with Crippen LogP contribution >= 0.6 is 0 Å². The molecule has 6 nitrogen and oxygen atoms in total. The zero-order chi connectivity index (χ0) is 18.7. The standard InChI is InChI=1S/C18H32N4O2S/c1-14(2)22(15(3)4)25(23,24)16-6-7-17(21-12-16)20-11-9-18(5)8-10-19-13-18/h6-7,12,14-15,19H,8-11,13H2,1-5H3,(H,20,21). The van der Waals surface area contributed by atoms with E-state index in [4.69, 9.17) is 0 Å². The van der Waals surface area contributed by atoms with Crippen molar-refractivity contribution in [1.29, 1.82) is 0 Å². The Labute approximate surface area is 152 Å². The SMILES string of the molecule is CC(C)N(C(C)C)S(=O)(=O)c1ccc(NCCC2(C)CCNC2)nc1. The topological polar surface area (TPSA) is 74.3 Å². The second kappa shape index (κ2) is 8.01. The van der Waals surface area contributed by atoms with Crippen molar-refractivity contribution in [2.24, 2.45) is 5.41 Å². The van der Waals surface area contributed by atoms with Gasteiger partial charge >= 0.3 is 0 Å². The Kier molecular flexibility index (Phi) is 6.45. The average Bonchev–Trinajstić information content (AvgIpc) is 2.93.